The molecule has 16 heavy (non-hydrogen) atoms. The van der Waals surface area contributed by atoms with Crippen LogP contribution in [0.25, 0.3) is 11.3 Å². The molecule has 0 saturated carbocycles. The van der Waals surface area contributed by atoms with Crippen LogP contribution in [0.4, 0.5) is 0 Å². The smallest absolute Gasteiger partial charge is 0.145 e. The lowest BCUT2D eigenvalue weighted by Crippen LogP contribution is -2.38. The van der Waals surface area contributed by atoms with Crippen molar-refractivity contribution in [2.45, 2.75) is 6.10 Å². The summed E-state index contributed by atoms with van der Waals surface area (Å²) < 4.78 is 16.3. The van der Waals surface area contributed by atoms with Crippen LogP contribution in [0, 0.1) is 0 Å². The van der Waals surface area contributed by atoms with Crippen LogP contribution in [0.5, 0.6) is 5.75 Å². The van der Waals surface area contributed by atoms with Crippen LogP contribution in [0.1, 0.15) is 0 Å². The highest BCUT2D eigenvalue weighted by atomic mass is 16.6. The summed E-state index contributed by atoms with van der Waals surface area (Å²) in [6.07, 6.45) is 1.84. The second-order valence-corrected chi connectivity index (χ2v) is 3.75. The van der Waals surface area contributed by atoms with Crippen molar-refractivity contribution in [3.05, 3.63) is 42.7 Å². The Hall–Kier alpha value is -1.74. The van der Waals surface area contributed by atoms with Crippen LogP contribution in [0.3, 0.4) is 0 Å². The minimum Gasteiger partial charge on any atom is -0.485 e. The summed E-state index contributed by atoms with van der Waals surface area (Å²) in [5, 5.41) is 0. The van der Waals surface area contributed by atoms with Crippen molar-refractivity contribution in [3.63, 3.8) is 0 Å². The average molecular weight is 216 g/mol. The Balaban J connectivity index is 1.91. The Morgan fingerprint density at radius 3 is 2.62 bits per heavy atom. The van der Waals surface area contributed by atoms with Crippen LogP contribution < -0.4 is 4.74 Å². The number of para-hydroxylation sites is 1. The van der Waals surface area contributed by atoms with E-state index in [-0.39, 0.29) is 6.10 Å². The SMILES string of the molecule is c1coc(-c2ccccc2OC2COC2)c1. The lowest BCUT2D eigenvalue weighted by atomic mass is 10.1. The third-order valence-electron chi connectivity index (χ3n) is 2.57. The van der Waals surface area contributed by atoms with E-state index in [0.717, 1.165) is 17.1 Å². The summed E-state index contributed by atoms with van der Waals surface area (Å²) in [6, 6.07) is 11.7. The van der Waals surface area contributed by atoms with E-state index in [1.807, 2.05) is 36.4 Å². The molecule has 1 aliphatic heterocycles. The fourth-order valence-corrected chi connectivity index (χ4v) is 1.67. The lowest BCUT2D eigenvalue weighted by molar-refractivity contribution is -0.0794. The van der Waals surface area contributed by atoms with Gasteiger partial charge in [0, 0.05) is 0 Å². The molecule has 1 aromatic carbocycles. The van der Waals surface area contributed by atoms with Gasteiger partial charge in [0.05, 0.1) is 25.0 Å². The first kappa shape index (κ1) is 9.48. The number of benzene rings is 1. The number of rotatable bonds is 3. The monoisotopic (exact) mass is 216 g/mol. The molecule has 0 aliphatic carbocycles. The van der Waals surface area contributed by atoms with E-state index in [4.69, 9.17) is 13.9 Å². The van der Waals surface area contributed by atoms with E-state index in [9.17, 15) is 0 Å². The highest BCUT2D eigenvalue weighted by Crippen LogP contribution is 2.31. The largest absolute Gasteiger partial charge is 0.485 e. The second-order valence-electron chi connectivity index (χ2n) is 3.75. The van der Waals surface area contributed by atoms with Crippen molar-refractivity contribution in [3.8, 4) is 17.1 Å². The summed E-state index contributed by atoms with van der Waals surface area (Å²) in [7, 11) is 0. The molecule has 0 unspecified atom stereocenters. The molecule has 2 heterocycles. The Kier molecular flexibility index (Phi) is 2.38. The molecule has 1 aliphatic rings. The standard InChI is InChI=1S/C13H12O3/c1-2-5-13(16-10-8-14-9-10)11(4-1)12-6-3-7-15-12/h1-7,10H,8-9H2. The van der Waals surface area contributed by atoms with Gasteiger partial charge in [-0.15, -0.1) is 0 Å². The number of ether oxygens (including phenoxy) is 2. The van der Waals surface area contributed by atoms with Gasteiger partial charge in [-0.3, -0.25) is 0 Å². The van der Waals surface area contributed by atoms with Crippen molar-refractivity contribution in [1.29, 1.82) is 0 Å². The minimum atomic E-state index is 0.177. The molecule has 0 bridgehead atoms. The molecule has 1 fully saturated rings. The first-order valence-corrected chi connectivity index (χ1v) is 5.31. The molecule has 0 atom stereocenters. The summed E-state index contributed by atoms with van der Waals surface area (Å²) in [6.45, 7) is 1.35. The summed E-state index contributed by atoms with van der Waals surface area (Å²) in [4.78, 5) is 0. The normalized spacial score (nSPS) is 15.8. The second kappa shape index (κ2) is 4.02. The summed E-state index contributed by atoms with van der Waals surface area (Å²) in [5.74, 6) is 1.68. The Bertz CT molecular complexity index is 458. The van der Waals surface area contributed by atoms with Crippen LogP contribution in [-0.4, -0.2) is 19.3 Å². The maximum Gasteiger partial charge on any atom is 0.145 e. The zero-order chi connectivity index (χ0) is 10.8. The zero-order valence-corrected chi connectivity index (χ0v) is 8.76. The third kappa shape index (κ3) is 1.70. The molecular weight excluding hydrogens is 204 g/mol. The van der Waals surface area contributed by atoms with Gasteiger partial charge in [-0.25, -0.2) is 0 Å². The first-order chi connectivity index (χ1) is 7.93. The quantitative estimate of drug-likeness (QED) is 0.790. The fraction of sp³-hybridized carbons (Fsp3) is 0.231. The molecule has 3 heteroatoms. The molecule has 1 saturated heterocycles. The predicted octanol–water partition coefficient (Wildman–Crippen LogP) is 2.72. The van der Waals surface area contributed by atoms with E-state index in [0.29, 0.717) is 13.2 Å². The molecule has 0 amide bonds. The van der Waals surface area contributed by atoms with Gasteiger partial charge in [0.2, 0.25) is 0 Å². The van der Waals surface area contributed by atoms with E-state index < -0.39 is 0 Å². The van der Waals surface area contributed by atoms with Crippen LogP contribution in [-0.2, 0) is 4.74 Å². The van der Waals surface area contributed by atoms with Crippen molar-refractivity contribution in [1.82, 2.24) is 0 Å². The topological polar surface area (TPSA) is 31.6 Å². The van der Waals surface area contributed by atoms with Gasteiger partial charge in [0.1, 0.15) is 17.6 Å². The van der Waals surface area contributed by atoms with Crippen LogP contribution in [0.2, 0.25) is 0 Å². The maximum absolute atomic E-state index is 5.82. The van der Waals surface area contributed by atoms with Crippen molar-refractivity contribution >= 4 is 0 Å². The number of hydrogen-bond donors (Lipinski definition) is 0. The fourth-order valence-electron chi connectivity index (χ4n) is 1.67. The Morgan fingerprint density at radius 2 is 1.94 bits per heavy atom. The van der Waals surface area contributed by atoms with E-state index in [1.165, 1.54) is 0 Å². The Labute approximate surface area is 93.6 Å². The van der Waals surface area contributed by atoms with Gasteiger partial charge in [0.25, 0.3) is 0 Å². The van der Waals surface area contributed by atoms with Crippen LogP contribution >= 0.6 is 0 Å². The highest BCUT2D eigenvalue weighted by molar-refractivity contribution is 5.65. The highest BCUT2D eigenvalue weighted by Gasteiger charge is 2.21. The van der Waals surface area contributed by atoms with E-state index in [1.54, 1.807) is 6.26 Å². The van der Waals surface area contributed by atoms with Crippen molar-refractivity contribution in [2.75, 3.05) is 13.2 Å². The lowest BCUT2D eigenvalue weighted by Gasteiger charge is -2.27. The number of hydrogen-bond acceptors (Lipinski definition) is 3. The van der Waals surface area contributed by atoms with Gasteiger partial charge in [-0.05, 0) is 24.3 Å². The molecule has 2 aromatic rings. The van der Waals surface area contributed by atoms with E-state index >= 15 is 0 Å². The minimum absolute atomic E-state index is 0.177. The maximum atomic E-state index is 5.82. The average Bonchev–Trinajstić information content (AvgIpc) is 2.77. The molecule has 0 spiro atoms. The molecule has 3 nitrogen and oxygen atoms in total. The van der Waals surface area contributed by atoms with Crippen LogP contribution in [0.15, 0.2) is 47.1 Å². The van der Waals surface area contributed by atoms with E-state index in [2.05, 4.69) is 0 Å². The predicted molar refractivity (Wildman–Crippen MR) is 59.4 cm³/mol. The third-order valence-corrected chi connectivity index (χ3v) is 2.57. The van der Waals surface area contributed by atoms with Gasteiger partial charge in [-0.1, -0.05) is 12.1 Å². The van der Waals surface area contributed by atoms with Gasteiger partial charge in [0.15, 0.2) is 0 Å². The Morgan fingerprint density at radius 1 is 1.06 bits per heavy atom. The van der Waals surface area contributed by atoms with Gasteiger partial charge >= 0.3 is 0 Å². The molecular formula is C13H12O3. The summed E-state index contributed by atoms with van der Waals surface area (Å²) in [5.41, 5.74) is 0.986. The molecule has 3 rings (SSSR count). The zero-order valence-electron chi connectivity index (χ0n) is 8.76. The summed E-state index contributed by atoms with van der Waals surface area (Å²) >= 11 is 0. The van der Waals surface area contributed by atoms with Gasteiger partial charge in [-0.2, -0.15) is 0 Å². The molecule has 1 aromatic heterocycles. The first-order valence-electron chi connectivity index (χ1n) is 5.31. The van der Waals surface area contributed by atoms with Crippen molar-refractivity contribution in [2.24, 2.45) is 0 Å². The molecule has 82 valence electrons. The number of furan rings is 1. The molecule has 0 radical (unpaired) electrons. The van der Waals surface area contributed by atoms with Gasteiger partial charge < -0.3 is 13.9 Å². The molecule has 0 N–H and O–H groups in total. The van der Waals surface area contributed by atoms with Crippen molar-refractivity contribution < 1.29 is 13.9 Å².